The zero-order valence-electron chi connectivity index (χ0n) is 13.1. The number of fused-ring (bicyclic) bond motifs is 1. The van der Waals surface area contributed by atoms with Gasteiger partial charge in [-0.25, -0.2) is 10.1 Å². The molecule has 0 spiro atoms. The van der Waals surface area contributed by atoms with Crippen LogP contribution in [0.15, 0.2) is 64.5 Å². The molecule has 0 saturated carbocycles. The van der Waals surface area contributed by atoms with Crippen LogP contribution in [0, 0.1) is 0 Å². The summed E-state index contributed by atoms with van der Waals surface area (Å²) in [5.74, 6) is -0.458. The molecule has 1 amide bonds. The molecule has 0 aliphatic heterocycles. The van der Waals surface area contributed by atoms with Crippen LogP contribution in [0.5, 0.6) is 0 Å². The largest absolute Gasteiger partial charge is 0.292 e. The first-order chi connectivity index (χ1) is 11.7. The lowest BCUT2D eigenvalue weighted by Crippen LogP contribution is -2.28. The van der Waals surface area contributed by atoms with Crippen molar-refractivity contribution in [2.24, 2.45) is 5.10 Å². The van der Waals surface area contributed by atoms with Crippen LogP contribution >= 0.6 is 0 Å². The lowest BCUT2D eigenvalue weighted by molar-refractivity contribution is 0.0949. The van der Waals surface area contributed by atoms with Gasteiger partial charge in [0.1, 0.15) is 0 Å². The first kappa shape index (κ1) is 15.6. The lowest BCUT2D eigenvalue weighted by Gasteiger charge is -2.08. The summed E-state index contributed by atoms with van der Waals surface area (Å²) in [6, 6.07) is 16.4. The number of benzene rings is 2. The summed E-state index contributed by atoms with van der Waals surface area (Å²) in [4.78, 5) is 24.7. The van der Waals surface area contributed by atoms with E-state index >= 15 is 0 Å². The molecular weight excluding hydrogens is 304 g/mol. The number of amides is 1. The molecule has 0 bridgehead atoms. The van der Waals surface area contributed by atoms with Crippen LogP contribution in [-0.4, -0.2) is 21.9 Å². The molecule has 2 aromatic carbocycles. The molecule has 0 fully saturated rings. The summed E-state index contributed by atoms with van der Waals surface area (Å²) >= 11 is 0. The summed E-state index contributed by atoms with van der Waals surface area (Å²) in [6.45, 7) is 2.19. The minimum absolute atomic E-state index is 0.178. The number of nitrogens with one attached hydrogen (secondary N) is 1. The molecule has 0 aliphatic rings. The molecule has 0 aliphatic carbocycles. The molecule has 0 saturated heterocycles. The van der Waals surface area contributed by atoms with Gasteiger partial charge in [-0.15, -0.1) is 0 Å². The van der Waals surface area contributed by atoms with Crippen molar-refractivity contribution in [1.29, 1.82) is 0 Å². The fraction of sp³-hybridized carbons (Fsp3) is 0.111. The second kappa shape index (κ2) is 6.87. The SMILES string of the molecule is CCn1nc(C(=O)N/N=C\c2ccccc2)c2ccccc2c1=O. The average Bonchev–Trinajstić information content (AvgIpc) is 2.63. The summed E-state index contributed by atoms with van der Waals surface area (Å²) in [7, 11) is 0. The van der Waals surface area contributed by atoms with Crippen molar-refractivity contribution >= 4 is 22.9 Å². The first-order valence-corrected chi connectivity index (χ1v) is 7.59. The molecule has 1 aromatic heterocycles. The van der Waals surface area contributed by atoms with E-state index < -0.39 is 5.91 Å². The van der Waals surface area contributed by atoms with Crippen LogP contribution in [0.3, 0.4) is 0 Å². The highest BCUT2D eigenvalue weighted by Crippen LogP contribution is 2.13. The van der Waals surface area contributed by atoms with Gasteiger partial charge in [-0.3, -0.25) is 9.59 Å². The van der Waals surface area contributed by atoms with Gasteiger partial charge in [0, 0.05) is 11.9 Å². The maximum atomic E-state index is 12.4. The molecule has 6 nitrogen and oxygen atoms in total. The van der Waals surface area contributed by atoms with Crippen molar-refractivity contribution in [3.63, 3.8) is 0 Å². The maximum absolute atomic E-state index is 12.4. The number of aromatic nitrogens is 2. The zero-order valence-corrected chi connectivity index (χ0v) is 13.1. The number of hydrazone groups is 1. The molecule has 3 aromatic rings. The van der Waals surface area contributed by atoms with E-state index in [1.807, 2.05) is 30.3 Å². The normalized spacial score (nSPS) is 11.0. The molecule has 1 N–H and O–H groups in total. The number of carbonyl (C=O) groups excluding carboxylic acids is 1. The second-order valence-corrected chi connectivity index (χ2v) is 5.12. The summed E-state index contributed by atoms with van der Waals surface area (Å²) < 4.78 is 1.28. The van der Waals surface area contributed by atoms with Crippen molar-refractivity contribution in [3.05, 3.63) is 76.2 Å². The molecule has 6 heteroatoms. The van der Waals surface area contributed by atoms with Crippen LogP contribution in [0.2, 0.25) is 0 Å². The Kier molecular flexibility index (Phi) is 4.47. The van der Waals surface area contributed by atoms with Crippen molar-refractivity contribution < 1.29 is 4.79 Å². The van der Waals surface area contributed by atoms with E-state index in [1.54, 1.807) is 37.4 Å². The highest BCUT2D eigenvalue weighted by molar-refractivity contribution is 6.04. The fourth-order valence-electron chi connectivity index (χ4n) is 2.37. The zero-order chi connectivity index (χ0) is 16.9. The van der Waals surface area contributed by atoms with Crippen molar-refractivity contribution in [2.75, 3.05) is 0 Å². The summed E-state index contributed by atoms with van der Waals surface area (Å²) in [5.41, 5.74) is 3.30. The van der Waals surface area contributed by atoms with Crippen LogP contribution in [-0.2, 0) is 6.54 Å². The van der Waals surface area contributed by atoms with Gasteiger partial charge >= 0.3 is 0 Å². The van der Waals surface area contributed by atoms with Crippen LogP contribution in [0.1, 0.15) is 23.0 Å². The number of nitrogens with zero attached hydrogens (tertiary/aromatic N) is 3. The standard InChI is InChI=1S/C18H16N4O2/c1-2-22-18(24)15-11-7-6-10-14(15)16(21-22)17(23)20-19-12-13-8-4-3-5-9-13/h3-12H,2H2,1H3,(H,20,23)/b19-12-. The fourth-order valence-corrected chi connectivity index (χ4v) is 2.37. The van der Waals surface area contributed by atoms with E-state index in [0.29, 0.717) is 17.3 Å². The van der Waals surface area contributed by atoms with Gasteiger partial charge in [-0.2, -0.15) is 10.2 Å². The lowest BCUT2D eigenvalue weighted by atomic mass is 10.1. The van der Waals surface area contributed by atoms with Gasteiger partial charge in [-0.1, -0.05) is 48.5 Å². The van der Waals surface area contributed by atoms with Crippen LogP contribution < -0.4 is 11.0 Å². The molecule has 0 radical (unpaired) electrons. The Balaban J connectivity index is 1.94. The average molecular weight is 320 g/mol. The van der Waals surface area contributed by atoms with Gasteiger partial charge in [0.05, 0.1) is 11.6 Å². The van der Waals surface area contributed by atoms with E-state index in [2.05, 4.69) is 15.6 Å². The summed E-state index contributed by atoms with van der Waals surface area (Å²) in [5, 5.41) is 9.09. The Bertz CT molecular complexity index is 962. The minimum Gasteiger partial charge on any atom is -0.267 e. The molecule has 24 heavy (non-hydrogen) atoms. The number of hydrogen-bond acceptors (Lipinski definition) is 4. The Morgan fingerprint density at radius 1 is 1.12 bits per heavy atom. The second-order valence-electron chi connectivity index (χ2n) is 5.12. The predicted octanol–water partition coefficient (Wildman–Crippen LogP) is 2.18. The minimum atomic E-state index is -0.458. The number of aryl methyl sites for hydroxylation is 1. The highest BCUT2D eigenvalue weighted by atomic mass is 16.2. The quantitative estimate of drug-likeness (QED) is 0.591. The first-order valence-electron chi connectivity index (χ1n) is 7.59. The topological polar surface area (TPSA) is 76.3 Å². The smallest absolute Gasteiger partial charge is 0.267 e. The molecular formula is C18H16N4O2. The van der Waals surface area contributed by atoms with Gasteiger partial charge in [0.2, 0.25) is 0 Å². The van der Waals surface area contributed by atoms with Gasteiger partial charge < -0.3 is 0 Å². The van der Waals surface area contributed by atoms with E-state index in [1.165, 1.54) is 4.68 Å². The van der Waals surface area contributed by atoms with Gasteiger partial charge in [0.15, 0.2) is 5.69 Å². The monoisotopic (exact) mass is 320 g/mol. The Morgan fingerprint density at radius 2 is 1.79 bits per heavy atom. The van der Waals surface area contributed by atoms with E-state index in [9.17, 15) is 9.59 Å². The van der Waals surface area contributed by atoms with Gasteiger partial charge in [0.25, 0.3) is 11.5 Å². The van der Waals surface area contributed by atoms with Crippen molar-refractivity contribution in [3.8, 4) is 0 Å². The Labute approximate surface area is 138 Å². The van der Waals surface area contributed by atoms with E-state index in [0.717, 1.165) is 5.56 Å². The van der Waals surface area contributed by atoms with Crippen molar-refractivity contribution in [2.45, 2.75) is 13.5 Å². The number of hydrogen-bond donors (Lipinski definition) is 1. The van der Waals surface area contributed by atoms with E-state index in [4.69, 9.17) is 0 Å². The maximum Gasteiger partial charge on any atom is 0.292 e. The summed E-state index contributed by atoms with van der Waals surface area (Å²) in [6.07, 6.45) is 1.55. The third-order valence-corrected chi connectivity index (χ3v) is 3.56. The van der Waals surface area contributed by atoms with E-state index in [-0.39, 0.29) is 11.3 Å². The third kappa shape index (κ3) is 3.08. The molecule has 0 unspecified atom stereocenters. The molecule has 3 rings (SSSR count). The molecule has 120 valence electrons. The number of carbonyl (C=O) groups is 1. The van der Waals surface area contributed by atoms with Gasteiger partial charge in [-0.05, 0) is 18.6 Å². The predicted molar refractivity (Wildman–Crippen MR) is 93.2 cm³/mol. The highest BCUT2D eigenvalue weighted by Gasteiger charge is 2.15. The number of rotatable bonds is 4. The Morgan fingerprint density at radius 3 is 2.50 bits per heavy atom. The van der Waals surface area contributed by atoms with Crippen LogP contribution in [0.4, 0.5) is 0 Å². The third-order valence-electron chi connectivity index (χ3n) is 3.56. The molecule has 1 heterocycles. The van der Waals surface area contributed by atoms with Crippen molar-refractivity contribution in [1.82, 2.24) is 15.2 Å². The molecule has 0 atom stereocenters. The van der Waals surface area contributed by atoms with Crippen LogP contribution in [0.25, 0.3) is 10.8 Å². The Hall–Kier alpha value is -3.28.